The molecule has 4 heteroatoms. The van der Waals surface area contributed by atoms with Crippen molar-refractivity contribution in [2.75, 3.05) is 0 Å². The molecule has 0 bridgehead atoms. The van der Waals surface area contributed by atoms with E-state index in [-0.39, 0.29) is 9.35 Å². The first kappa shape index (κ1) is 8.91. The van der Waals surface area contributed by atoms with Crippen LogP contribution in [0, 0.1) is 5.82 Å². The lowest BCUT2D eigenvalue weighted by molar-refractivity contribution is 0.628. The van der Waals surface area contributed by atoms with Crippen LogP contribution in [0.2, 0.25) is 5.02 Å². The lowest BCUT2D eigenvalue weighted by Gasteiger charge is -1.99. The van der Waals surface area contributed by atoms with Crippen LogP contribution in [0.25, 0.3) is 0 Å². The van der Waals surface area contributed by atoms with E-state index in [4.69, 9.17) is 23.2 Å². The van der Waals surface area contributed by atoms with Gasteiger partial charge in [0.1, 0.15) is 10.1 Å². The highest BCUT2D eigenvalue weighted by Crippen LogP contribution is 2.21. The summed E-state index contributed by atoms with van der Waals surface area (Å²) in [5.41, 5.74) is 0.364. The van der Waals surface area contributed by atoms with Gasteiger partial charge in [-0.2, -0.15) is 0 Å². The van der Waals surface area contributed by atoms with Crippen LogP contribution in [-0.4, -0.2) is 4.32 Å². The monoisotopic (exact) mass is 208 g/mol. The predicted octanol–water partition coefficient (Wildman–Crippen LogP) is 3.39. The first-order valence-electron chi connectivity index (χ1n) is 2.77. The van der Waals surface area contributed by atoms with Crippen molar-refractivity contribution in [3.63, 3.8) is 0 Å². The number of hydrogen-bond donors (Lipinski definition) is 0. The quantitative estimate of drug-likeness (QED) is 0.504. The molecular weight excluding hydrogens is 206 g/mol. The second kappa shape index (κ2) is 3.48. The summed E-state index contributed by atoms with van der Waals surface area (Å²) in [6.45, 7) is 0. The molecule has 0 radical (unpaired) electrons. The molecular formula is C7H3Cl2FS. The van der Waals surface area contributed by atoms with Crippen molar-refractivity contribution in [3.8, 4) is 0 Å². The minimum atomic E-state index is -0.507. The molecule has 0 aromatic heterocycles. The molecule has 0 heterocycles. The maximum absolute atomic E-state index is 12.7. The molecule has 0 aliphatic rings. The standard InChI is InChI=1S/C7H3Cl2FS/c8-6-4(7(9)11)2-1-3-5(6)10/h1-3H. The summed E-state index contributed by atoms with van der Waals surface area (Å²) >= 11 is 15.6. The first-order valence-corrected chi connectivity index (χ1v) is 3.93. The zero-order valence-electron chi connectivity index (χ0n) is 5.27. The molecule has 0 aliphatic carbocycles. The van der Waals surface area contributed by atoms with E-state index in [1.54, 1.807) is 6.07 Å². The van der Waals surface area contributed by atoms with Gasteiger partial charge in [0.05, 0.1) is 5.02 Å². The van der Waals surface area contributed by atoms with Crippen LogP contribution in [0.5, 0.6) is 0 Å². The van der Waals surface area contributed by atoms with Gasteiger partial charge in [0.15, 0.2) is 0 Å². The normalized spacial score (nSPS) is 9.73. The van der Waals surface area contributed by atoms with Crippen LogP contribution >= 0.6 is 35.4 Å². The number of rotatable bonds is 1. The van der Waals surface area contributed by atoms with Gasteiger partial charge in [-0.1, -0.05) is 47.6 Å². The Morgan fingerprint density at radius 1 is 1.45 bits per heavy atom. The van der Waals surface area contributed by atoms with E-state index in [9.17, 15) is 4.39 Å². The third-order valence-electron chi connectivity index (χ3n) is 1.16. The van der Waals surface area contributed by atoms with Gasteiger partial charge >= 0.3 is 0 Å². The second-order valence-electron chi connectivity index (χ2n) is 1.88. The molecule has 0 unspecified atom stereocenters. The molecule has 0 saturated carbocycles. The van der Waals surface area contributed by atoms with E-state index in [0.29, 0.717) is 5.56 Å². The molecule has 0 saturated heterocycles. The fourth-order valence-electron chi connectivity index (χ4n) is 0.656. The molecule has 0 fully saturated rings. The van der Waals surface area contributed by atoms with Crippen LogP contribution < -0.4 is 0 Å². The fourth-order valence-corrected chi connectivity index (χ4v) is 1.31. The summed E-state index contributed by atoms with van der Waals surface area (Å²) in [4.78, 5) is 0. The van der Waals surface area contributed by atoms with Crippen LogP contribution in [0.4, 0.5) is 4.39 Å². The topological polar surface area (TPSA) is 0 Å². The molecule has 58 valence electrons. The molecule has 0 atom stereocenters. The Morgan fingerprint density at radius 3 is 2.55 bits per heavy atom. The van der Waals surface area contributed by atoms with Gasteiger partial charge in [-0.05, 0) is 6.07 Å². The molecule has 1 rings (SSSR count). The molecule has 0 amide bonds. The Balaban J connectivity index is 3.27. The van der Waals surface area contributed by atoms with Crippen LogP contribution in [-0.2, 0) is 0 Å². The van der Waals surface area contributed by atoms with Crippen LogP contribution in [0.3, 0.4) is 0 Å². The number of thiocarbonyl (C=S) groups is 1. The predicted molar refractivity (Wildman–Crippen MR) is 49.0 cm³/mol. The van der Waals surface area contributed by atoms with Crippen molar-refractivity contribution in [2.24, 2.45) is 0 Å². The lowest BCUT2D eigenvalue weighted by Crippen LogP contribution is -1.90. The maximum atomic E-state index is 12.7. The number of halogens is 3. The zero-order chi connectivity index (χ0) is 8.43. The Hall–Kier alpha value is -0.180. The Bertz CT molecular complexity index is 298. The maximum Gasteiger partial charge on any atom is 0.142 e. The Labute approximate surface area is 78.9 Å². The third-order valence-corrected chi connectivity index (χ3v) is 1.97. The summed E-state index contributed by atoms with van der Waals surface area (Å²) < 4.78 is 12.8. The van der Waals surface area contributed by atoms with E-state index in [0.717, 1.165) is 0 Å². The average Bonchev–Trinajstić information content (AvgIpc) is 1.94. The summed E-state index contributed by atoms with van der Waals surface area (Å²) in [6, 6.07) is 4.33. The van der Waals surface area contributed by atoms with E-state index < -0.39 is 5.82 Å². The Morgan fingerprint density at radius 2 is 2.09 bits per heavy atom. The minimum absolute atomic E-state index is 0.0208. The van der Waals surface area contributed by atoms with E-state index in [1.807, 2.05) is 0 Å². The van der Waals surface area contributed by atoms with Crippen LogP contribution in [0.15, 0.2) is 18.2 Å². The van der Waals surface area contributed by atoms with Gasteiger partial charge < -0.3 is 0 Å². The minimum Gasteiger partial charge on any atom is -0.205 e. The highest BCUT2D eigenvalue weighted by atomic mass is 35.5. The smallest absolute Gasteiger partial charge is 0.142 e. The van der Waals surface area contributed by atoms with E-state index >= 15 is 0 Å². The number of benzene rings is 1. The molecule has 0 nitrogen and oxygen atoms in total. The molecule has 0 N–H and O–H groups in total. The van der Waals surface area contributed by atoms with Gasteiger partial charge in [0.2, 0.25) is 0 Å². The number of hydrogen-bond acceptors (Lipinski definition) is 1. The molecule has 0 aliphatic heterocycles. The Kier molecular flexibility index (Phi) is 2.82. The molecule has 1 aromatic carbocycles. The van der Waals surface area contributed by atoms with Crippen molar-refractivity contribution in [1.82, 2.24) is 0 Å². The largest absolute Gasteiger partial charge is 0.205 e. The van der Waals surface area contributed by atoms with Crippen molar-refractivity contribution in [1.29, 1.82) is 0 Å². The highest BCUT2D eigenvalue weighted by Gasteiger charge is 2.07. The van der Waals surface area contributed by atoms with Gasteiger partial charge in [0.25, 0.3) is 0 Å². The van der Waals surface area contributed by atoms with Crippen LogP contribution in [0.1, 0.15) is 5.56 Å². The van der Waals surface area contributed by atoms with E-state index in [1.165, 1.54) is 12.1 Å². The summed E-state index contributed by atoms with van der Waals surface area (Å²) in [5.74, 6) is -0.507. The van der Waals surface area contributed by atoms with Gasteiger partial charge in [-0.3, -0.25) is 0 Å². The van der Waals surface area contributed by atoms with Crippen molar-refractivity contribution >= 4 is 39.7 Å². The molecule has 0 spiro atoms. The second-order valence-corrected chi connectivity index (χ2v) is 3.26. The van der Waals surface area contributed by atoms with Crippen molar-refractivity contribution < 1.29 is 4.39 Å². The SMILES string of the molecule is Fc1cccc(C(=S)Cl)c1Cl. The highest BCUT2D eigenvalue weighted by molar-refractivity contribution is 7.83. The lowest BCUT2D eigenvalue weighted by atomic mass is 10.2. The van der Waals surface area contributed by atoms with Gasteiger partial charge in [0, 0.05) is 5.56 Å². The van der Waals surface area contributed by atoms with E-state index in [2.05, 4.69) is 12.2 Å². The van der Waals surface area contributed by atoms with Crippen molar-refractivity contribution in [3.05, 3.63) is 34.6 Å². The summed E-state index contributed by atoms with van der Waals surface area (Å²) in [7, 11) is 0. The fraction of sp³-hybridized carbons (Fsp3) is 0. The van der Waals surface area contributed by atoms with Gasteiger partial charge in [-0.15, -0.1) is 0 Å². The third kappa shape index (κ3) is 1.89. The molecule has 1 aromatic rings. The summed E-state index contributed by atoms with van der Waals surface area (Å²) in [6.07, 6.45) is 0. The summed E-state index contributed by atoms with van der Waals surface area (Å²) in [5, 5.41) is -0.0208. The zero-order valence-corrected chi connectivity index (χ0v) is 7.60. The van der Waals surface area contributed by atoms with Crippen molar-refractivity contribution in [2.45, 2.75) is 0 Å². The van der Waals surface area contributed by atoms with Gasteiger partial charge in [-0.25, -0.2) is 4.39 Å². The average molecular weight is 209 g/mol. The first-order chi connectivity index (χ1) is 5.13. The molecule has 11 heavy (non-hydrogen) atoms.